The third-order valence-electron chi connectivity index (χ3n) is 2.49. The SMILES string of the molecule is CCCOCCNC1CCCS(=O)(=O)C1. The summed E-state index contributed by atoms with van der Waals surface area (Å²) in [4.78, 5) is 0. The smallest absolute Gasteiger partial charge is 0.151 e. The van der Waals surface area contributed by atoms with Gasteiger partial charge in [-0.3, -0.25) is 0 Å². The Balaban J connectivity index is 2.11. The van der Waals surface area contributed by atoms with Crippen LogP contribution in [0.25, 0.3) is 0 Å². The van der Waals surface area contributed by atoms with Gasteiger partial charge in [0.15, 0.2) is 9.84 Å². The lowest BCUT2D eigenvalue weighted by Crippen LogP contribution is -2.41. The van der Waals surface area contributed by atoms with E-state index in [4.69, 9.17) is 4.74 Å². The van der Waals surface area contributed by atoms with E-state index >= 15 is 0 Å². The molecule has 90 valence electrons. The molecule has 15 heavy (non-hydrogen) atoms. The van der Waals surface area contributed by atoms with Gasteiger partial charge in [-0.05, 0) is 19.3 Å². The van der Waals surface area contributed by atoms with Crippen LogP contribution in [-0.4, -0.2) is 45.7 Å². The Morgan fingerprint density at radius 3 is 2.87 bits per heavy atom. The minimum atomic E-state index is -2.78. The monoisotopic (exact) mass is 235 g/mol. The van der Waals surface area contributed by atoms with Crippen LogP contribution in [0.2, 0.25) is 0 Å². The first-order valence-corrected chi connectivity index (χ1v) is 7.48. The standard InChI is InChI=1S/C10H21NO3S/c1-2-6-14-7-5-11-10-4-3-8-15(12,13)9-10/h10-11H,2-9H2,1H3. The van der Waals surface area contributed by atoms with Gasteiger partial charge in [-0.25, -0.2) is 8.42 Å². The average molecular weight is 235 g/mol. The third-order valence-corrected chi connectivity index (χ3v) is 4.31. The molecule has 1 aliphatic heterocycles. The predicted octanol–water partition coefficient (Wildman–Crippen LogP) is 0.580. The summed E-state index contributed by atoms with van der Waals surface area (Å²) < 4.78 is 28.0. The summed E-state index contributed by atoms with van der Waals surface area (Å²) in [6.07, 6.45) is 2.78. The quantitative estimate of drug-likeness (QED) is 0.684. The highest BCUT2D eigenvalue weighted by atomic mass is 32.2. The zero-order valence-electron chi connectivity index (χ0n) is 9.37. The van der Waals surface area contributed by atoms with E-state index in [1.165, 1.54) is 0 Å². The molecule has 1 N–H and O–H groups in total. The van der Waals surface area contributed by atoms with Crippen molar-refractivity contribution in [2.24, 2.45) is 0 Å². The van der Waals surface area contributed by atoms with E-state index in [1.807, 2.05) is 0 Å². The second-order valence-electron chi connectivity index (χ2n) is 4.02. The molecule has 0 aromatic carbocycles. The molecule has 0 radical (unpaired) electrons. The van der Waals surface area contributed by atoms with Crippen molar-refractivity contribution in [3.8, 4) is 0 Å². The van der Waals surface area contributed by atoms with E-state index in [0.717, 1.165) is 32.4 Å². The fourth-order valence-electron chi connectivity index (χ4n) is 1.77. The normalized spacial score (nSPS) is 25.3. The molecule has 0 aliphatic carbocycles. The first-order valence-electron chi connectivity index (χ1n) is 5.65. The molecule has 0 amide bonds. The highest BCUT2D eigenvalue weighted by Gasteiger charge is 2.23. The zero-order chi connectivity index (χ0) is 11.1. The lowest BCUT2D eigenvalue weighted by molar-refractivity contribution is 0.134. The molecule has 0 spiro atoms. The van der Waals surface area contributed by atoms with Gasteiger partial charge in [0.2, 0.25) is 0 Å². The summed E-state index contributed by atoms with van der Waals surface area (Å²) in [6.45, 7) is 4.27. The molecule has 0 aromatic rings. The van der Waals surface area contributed by atoms with Crippen LogP contribution in [0.3, 0.4) is 0 Å². The molecule has 1 atom stereocenters. The van der Waals surface area contributed by atoms with Crippen molar-refractivity contribution in [3.63, 3.8) is 0 Å². The number of ether oxygens (including phenoxy) is 1. The molecule has 1 heterocycles. The van der Waals surface area contributed by atoms with Crippen molar-refractivity contribution in [2.45, 2.75) is 32.2 Å². The van der Waals surface area contributed by atoms with Crippen LogP contribution < -0.4 is 5.32 Å². The predicted molar refractivity (Wildman–Crippen MR) is 60.8 cm³/mol. The van der Waals surface area contributed by atoms with Crippen LogP contribution in [-0.2, 0) is 14.6 Å². The van der Waals surface area contributed by atoms with Crippen LogP contribution in [0, 0.1) is 0 Å². The van der Waals surface area contributed by atoms with E-state index in [9.17, 15) is 8.42 Å². The Morgan fingerprint density at radius 2 is 2.20 bits per heavy atom. The van der Waals surface area contributed by atoms with E-state index in [2.05, 4.69) is 12.2 Å². The zero-order valence-corrected chi connectivity index (χ0v) is 10.2. The number of hydrogen-bond donors (Lipinski definition) is 1. The molecule has 1 rings (SSSR count). The first-order chi connectivity index (χ1) is 7.14. The highest BCUT2D eigenvalue weighted by molar-refractivity contribution is 7.91. The molecule has 4 nitrogen and oxygen atoms in total. The second-order valence-corrected chi connectivity index (χ2v) is 6.25. The minimum absolute atomic E-state index is 0.133. The summed E-state index contributed by atoms with van der Waals surface area (Å²) in [5.41, 5.74) is 0. The van der Waals surface area contributed by atoms with Gasteiger partial charge in [-0.15, -0.1) is 0 Å². The molecule has 0 aromatic heterocycles. The minimum Gasteiger partial charge on any atom is -0.380 e. The van der Waals surface area contributed by atoms with Gasteiger partial charge in [0.05, 0.1) is 18.1 Å². The molecular formula is C10H21NO3S. The molecule has 1 aliphatic rings. The maximum atomic E-state index is 11.3. The lowest BCUT2D eigenvalue weighted by atomic mass is 10.2. The maximum Gasteiger partial charge on any atom is 0.151 e. The van der Waals surface area contributed by atoms with Gasteiger partial charge in [0, 0.05) is 19.2 Å². The van der Waals surface area contributed by atoms with Crippen molar-refractivity contribution in [1.29, 1.82) is 0 Å². The van der Waals surface area contributed by atoms with Crippen molar-refractivity contribution in [1.82, 2.24) is 5.32 Å². The summed E-state index contributed by atoms with van der Waals surface area (Å²) >= 11 is 0. The number of sulfone groups is 1. The Hall–Kier alpha value is -0.130. The largest absolute Gasteiger partial charge is 0.380 e. The number of rotatable bonds is 6. The molecule has 5 heteroatoms. The molecule has 1 saturated heterocycles. The van der Waals surface area contributed by atoms with Crippen LogP contribution in [0.5, 0.6) is 0 Å². The van der Waals surface area contributed by atoms with Crippen molar-refractivity contribution in [2.75, 3.05) is 31.3 Å². The van der Waals surface area contributed by atoms with Gasteiger partial charge < -0.3 is 10.1 Å². The summed E-state index contributed by atoms with van der Waals surface area (Å²) in [6, 6.07) is 0.133. The van der Waals surface area contributed by atoms with Gasteiger partial charge in [-0.1, -0.05) is 6.92 Å². The Morgan fingerprint density at radius 1 is 1.40 bits per heavy atom. The first kappa shape index (κ1) is 12.9. The van der Waals surface area contributed by atoms with E-state index < -0.39 is 9.84 Å². The topological polar surface area (TPSA) is 55.4 Å². The van der Waals surface area contributed by atoms with Gasteiger partial charge in [0.1, 0.15) is 0 Å². The average Bonchev–Trinajstić information content (AvgIpc) is 2.16. The Bertz CT molecular complexity index is 264. The number of nitrogens with one attached hydrogen (secondary N) is 1. The molecular weight excluding hydrogens is 214 g/mol. The van der Waals surface area contributed by atoms with Gasteiger partial charge >= 0.3 is 0 Å². The van der Waals surface area contributed by atoms with E-state index in [1.54, 1.807) is 0 Å². The van der Waals surface area contributed by atoms with Gasteiger partial charge in [-0.2, -0.15) is 0 Å². The highest BCUT2D eigenvalue weighted by Crippen LogP contribution is 2.11. The van der Waals surface area contributed by atoms with Gasteiger partial charge in [0.25, 0.3) is 0 Å². The third kappa shape index (κ3) is 5.49. The Kier molecular flexibility index (Phi) is 5.56. The lowest BCUT2D eigenvalue weighted by Gasteiger charge is -2.22. The fourth-order valence-corrected chi connectivity index (χ4v) is 3.44. The van der Waals surface area contributed by atoms with Crippen molar-refractivity contribution < 1.29 is 13.2 Å². The summed E-state index contributed by atoms with van der Waals surface area (Å²) in [5.74, 6) is 0.651. The van der Waals surface area contributed by atoms with Crippen LogP contribution in [0.15, 0.2) is 0 Å². The summed E-state index contributed by atoms with van der Waals surface area (Å²) in [5, 5.41) is 3.23. The van der Waals surface area contributed by atoms with Crippen LogP contribution >= 0.6 is 0 Å². The van der Waals surface area contributed by atoms with Crippen LogP contribution in [0.1, 0.15) is 26.2 Å². The maximum absolute atomic E-state index is 11.3. The van der Waals surface area contributed by atoms with Crippen LogP contribution in [0.4, 0.5) is 0 Å². The van der Waals surface area contributed by atoms with E-state index in [0.29, 0.717) is 18.1 Å². The van der Waals surface area contributed by atoms with Crippen molar-refractivity contribution in [3.05, 3.63) is 0 Å². The number of hydrogen-bond acceptors (Lipinski definition) is 4. The molecule has 1 unspecified atom stereocenters. The molecule has 1 fully saturated rings. The Labute approximate surface area is 92.3 Å². The molecule has 0 bridgehead atoms. The second kappa shape index (κ2) is 6.45. The van der Waals surface area contributed by atoms with E-state index in [-0.39, 0.29) is 6.04 Å². The summed E-state index contributed by atoms with van der Waals surface area (Å²) in [7, 11) is -2.78. The fraction of sp³-hybridized carbons (Fsp3) is 1.00. The van der Waals surface area contributed by atoms with Crippen molar-refractivity contribution >= 4 is 9.84 Å². The molecule has 0 saturated carbocycles.